The van der Waals surface area contributed by atoms with Crippen LogP contribution in [0.2, 0.25) is 0 Å². The number of rotatable bonds is 4. The third kappa shape index (κ3) is 3.42. The van der Waals surface area contributed by atoms with E-state index >= 15 is 0 Å². The number of aryl methyl sites for hydroxylation is 3. The van der Waals surface area contributed by atoms with Crippen molar-refractivity contribution in [1.29, 1.82) is 0 Å². The topological polar surface area (TPSA) is 24.9 Å². The van der Waals surface area contributed by atoms with Crippen LogP contribution in [-0.4, -0.2) is 12.0 Å². The number of benzene rings is 1. The van der Waals surface area contributed by atoms with E-state index in [-0.39, 0.29) is 0 Å². The zero-order valence-electron chi connectivity index (χ0n) is 12.2. The highest BCUT2D eigenvalue weighted by atomic mass is 14.9. The van der Waals surface area contributed by atoms with Crippen LogP contribution in [0.4, 0.5) is 0 Å². The van der Waals surface area contributed by atoms with Crippen molar-refractivity contribution in [3.63, 3.8) is 0 Å². The van der Waals surface area contributed by atoms with Gasteiger partial charge in [0.1, 0.15) is 0 Å². The zero-order chi connectivity index (χ0) is 13.8. The Balaban J connectivity index is 2.19. The van der Waals surface area contributed by atoms with Gasteiger partial charge in [-0.15, -0.1) is 0 Å². The lowest BCUT2D eigenvalue weighted by molar-refractivity contribution is 0.584. The number of nitrogens with zero attached hydrogens (tertiary/aromatic N) is 1. The van der Waals surface area contributed by atoms with E-state index in [0.29, 0.717) is 6.04 Å². The smallest absolute Gasteiger partial charge is 0.0422 e. The van der Waals surface area contributed by atoms with Gasteiger partial charge in [-0.25, -0.2) is 0 Å². The Morgan fingerprint density at radius 1 is 1.05 bits per heavy atom. The highest BCUT2D eigenvalue weighted by molar-refractivity contribution is 5.32. The van der Waals surface area contributed by atoms with E-state index in [1.54, 1.807) is 0 Å². The van der Waals surface area contributed by atoms with E-state index in [9.17, 15) is 0 Å². The lowest BCUT2D eigenvalue weighted by atomic mass is 9.98. The van der Waals surface area contributed by atoms with Crippen LogP contribution in [0.5, 0.6) is 0 Å². The molecular formula is C17H22N2. The predicted octanol–water partition coefficient (Wildman–Crippen LogP) is 3.51. The van der Waals surface area contributed by atoms with Gasteiger partial charge < -0.3 is 5.32 Å². The minimum Gasteiger partial charge on any atom is -0.313 e. The van der Waals surface area contributed by atoms with Crippen LogP contribution in [0, 0.1) is 20.8 Å². The molecule has 1 unspecified atom stereocenters. The number of nitrogens with one attached hydrogen (secondary N) is 1. The van der Waals surface area contributed by atoms with E-state index in [4.69, 9.17) is 0 Å². The molecule has 0 saturated heterocycles. The fourth-order valence-corrected chi connectivity index (χ4v) is 2.20. The Bertz CT molecular complexity index is 544. The summed E-state index contributed by atoms with van der Waals surface area (Å²) in [6.07, 6.45) is 2.85. The van der Waals surface area contributed by atoms with Gasteiger partial charge in [0.15, 0.2) is 0 Å². The van der Waals surface area contributed by atoms with Crippen molar-refractivity contribution < 1.29 is 0 Å². The van der Waals surface area contributed by atoms with Gasteiger partial charge in [0.05, 0.1) is 0 Å². The van der Waals surface area contributed by atoms with Crippen molar-refractivity contribution in [3.8, 4) is 0 Å². The first-order valence-corrected chi connectivity index (χ1v) is 6.76. The van der Waals surface area contributed by atoms with Gasteiger partial charge in [0.2, 0.25) is 0 Å². The highest BCUT2D eigenvalue weighted by Crippen LogP contribution is 2.20. The number of hydrogen-bond acceptors (Lipinski definition) is 2. The van der Waals surface area contributed by atoms with Crippen LogP contribution >= 0.6 is 0 Å². The summed E-state index contributed by atoms with van der Waals surface area (Å²) in [5.74, 6) is 0. The second-order valence-corrected chi connectivity index (χ2v) is 5.22. The molecule has 100 valence electrons. The average molecular weight is 254 g/mol. The molecule has 0 saturated carbocycles. The van der Waals surface area contributed by atoms with Crippen molar-refractivity contribution in [3.05, 3.63) is 64.5 Å². The van der Waals surface area contributed by atoms with Crippen LogP contribution in [0.25, 0.3) is 0 Å². The summed E-state index contributed by atoms with van der Waals surface area (Å²) in [5.41, 5.74) is 6.34. The quantitative estimate of drug-likeness (QED) is 0.903. The first-order chi connectivity index (χ1) is 9.10. The number of hydrogen-bond donors (Lipinski definition) is 1. The molecule has 1 aromatic heterocycles. The molecule has 2 rings (SSSR count). The standard InChI is InChI=1S/C17H22N2/c1-12-5-8-16(19-11-12)10-17(18-4)15-7-6-13(2)14(3)9-15/h5-9,11,17-18H,10H2,1-4H3. The van der Waals surface area contributed by atoms with Crippen molar-refractivity contribution >= 4 is 0 Å². The molecule has 0 aliphatic rings. The van der Waals surface area contributed by atoms with Crippen molar-refractivity contribution in [2.24, 2.45) is 0 Å². The third-order valence-electron chi connectivity index (χ3n) is 3.67. The molecule has 1 atom stereocenters. The SMILES string of the molecule is CNC(Cc1ccc(C)cn1)c1ccc(C)c(C)c1. The van der Waals surface area contributed by atoms with Crippen molar-refractivity contribution in [1.82, 2.24) is 10.3 Å². The molecule has 1 aromatic carbocycles. The molecular weight excluding hydrogens is 232 g/mol. The Morgan fingerprint density at radius 2 is 1.84 bits per heavy atom. The maximum atomic E-state index is 4.49. The molecule has 0 fully saturated rings. The molecule has 0 radical (unpaired) electrons. The number of likely N-dealkylation sites (N-methyl/N-ethyl adjacent to an activating group) is 1. The minimum atomic E-state index is 0.314. The fourth-order valence-electron chi connectivity index (χ4n) is 2.20. The predicted molar refractivity (Wildman–Crippen MR) is 80.4 cm³/mol. The number of pyridine rings is 1. The van der Waals surface area contributed by atoms with E-state index < -0.39 is 0 Å². The van der Waals surface area contributed by atoms with Crippen LogP contribution in [0.15, 0.2) is 36.5 Å². The maximum absolute atomic E-state index is 4.49. The number of aromatic nitrogens is 1. The Labute approximate surface area is 115 Å². The molecule has 1 N–H and O–H groups in total. The van der Waals surface area contributed by atoms with Crippen LogP contribution in [0.3, 0.4) is 0 Å². The summed E-state index contributed by atoms with van der Waals surface area (Å²) in [6.45, 7) is 6.38. The molecule has 2 aromatic rings. The molecule has 0 aliphatic carbocycles. The van der Waals surface area contributed by atoms with Crippen molar-refractivity contribution in [2.75, 3.05) is 7.05 Å². The summed E-state index contributed by atoms with van der Waals surface area (Å²) >= 11 is 0. The maximum Gasteiger partial charge on any atom is 0.0422 e. The van der Waals surface area contributed by atoms with Crippen LogP contribution < -0.4 is 5.32 Å². The summed E-state index contributed by atoms with van der Waals surface area (Å²) in [6, 6.07) is 11.2. The summed E-state index contributed by atoms with van der Waals surface area (Å²) in [5, 5.41) is 3.39. The van der Waals surface area contributed by atoms with E-state index in [1.807, 2.05) is 13.2 Å². The van der Waals surface area contributed by atoms with Gasteiger partial charge in [-0.05, 0) is 56.1 Å². The van der Waals surface area contributed by atoms with Gasteiger partial charge in [0, 0.05) is 24.4 Å². The van der Waals surface area contributed by atoms with Crippen LogP contribution in [0.1, 0.15) is 34.0 Å². The van der Waals surface area contributed by atoms with E-state index in [2.05, 4.69) is 61.4 Å². The lowest BCUT2D eigenvalue weighted by Crippen LogP contribution is -2.19. The molecule has 0 amide bonds. The Hall–Kier alpha value is -1.67. The molecule has 0 aliphatic heterocycles. The average Bonchev–Trinajstić information content (AvgIpc) is 2.41. The highest BCUT2D eigenvalue weighted by Gasteiger charge is 2.11. The molecule has 1 heterocycles. The minimum absolute atomic E-state index is 0.314. The normalized spacial score (nSPS) is 12.4. The molecule has 19 heavy (non-hydrogen) atoms. The summed E-state index contributed by atoms with van der Waals surface area (Å²) in [7, 11) is 2.01. The summed E-state index contributed by atoms with van der Waals surface area (Å²) in [4.78, 5) is 4.49. The van der Waals surface area contributed by atoms with Crippen molar-refractivity contribution in [2.45, 2.75) is 33.2 Å². The van der Waals surface area contributed by atoms with Gasteiger partial charge in [0.25, 0.3) is 0 Å². The first kappa shape index (κ1) is 13.8. The van der Waals surface area contributed by atoms with Gasteiger partial charge in [-0.1, -0.05) is 24.3 Å². The van der Waals surface area contributed by atoms with E-state index in [0.717, 1.165) is 12.1 Å². The largest absolute Gasteiger partial charge is 0.313 e. The van der Waals surface area contributed by atoms with Crippen LogP contribution in [-0.2, 0) is 6.42 Å². The fraction of sp³-hybridized carbons (Fsp3) is 0.353. The van der Waals surface area contributed by atoms with E-state index in [1.165, 1.54) is 22.3 Å². The van der Waals surface area contributed by atoms with Gasteiger partial charge in [-0.3, -0.25) is 4.98 Å². The third-order valence-corrected chi connectivity index (χ3v) is 3.67. The van der Waals surface area contributed by atoms with Gasteiger partial charge >= 0.3 is 0 Å². The summed E-state index contributed by atoms with van der Waals surface area (Å²) < 4.78 is 0. The molecule has 2 heteroatoms. The first-order valence-electron chi connectivity index (χ1n) is 6.76. The Morgan fingerprint density at radius 3 is 2.42 bits per heavy atom. The van der Waals surface area contributed by atoms with Gasteiger partial charge in [-0.2, -0.15) is 0 Å². The monoisotopic (exact) mass is 254 g/mol. The molecule has 2 nitrogen and oxygen atoms in total. The Kier molecular flexibility index (Phi) is 4.33. The molecule has 0 bridgehead atoms. The lowest BCUT2D eigenvalue weighted by Gasteiger charge is -2.17. The zero-order valence-corrected chi connectivity index (χ0v) is 12.2. The molecule has 0 spiro atoms. The second kappa shape index (κ2) is 5.98. The second-order valence-electron chi connectivity index (χ2n) is 5.22.